The van der Waals surface area contributed by atoms with Gasteiger partial charge in [-0.05, 0) is 24.0 Å². The molecule has 2 heteroatoms. The SMILES string of the molecule is O=C(CN(Cc1ccccc1)Cc1ccccc1)C1CCCCC1. The van der Waals surface area contributed by atoms with Crippen molar-refractivity contribution < 1.29 is 4.79 Å². The molecule has 3 rings (SSSR count). The van der Waals surface area contributed by atoms with Crippen LogP contribution in [0.4, 0.5) is 0 Å². The molecule has 1 saturated carbocycles. The van der Waals surface area contributed by atoms with Gasteiger partial charge in [0, 0.05) is 19.0 Å². The first-order chi connectivity index (χ1) is 11.8. The van der Waals surface area contributed by atoms with Gasteiger partial charge in [0.25, 0.3) is 0 Å². The van der Waals surface area contributed by atoms with E-state index in [0.29, 0.717) is 12.3 Å². The van der Waals surface area contributed by atoms with E-state index in [9.17, 15) is 4.79 Å². The average molecular weight is 321 g/mol. The van der Waals surface area contributed by atoms with Crippen LogP contribution >= 0.6 is 0 Å². The van der Waals surface area contributed by atoms with Gasteiger partial charge in [0.15, 0.2) is 0 Å². The molecule has 0 spiro atoms. The molecule has 2 aromatic carbocycles. The Labute approximate surface area is 145 Å². The number of carbonyl (C=O) groups excluding carboxylic acids is 1. The summed E-state index contributed by atoms with van der Waals surface area (Å²) in [5, 5.41) is 0. The highest BCUT2D eigenvalue weighted by molar-refractivity contribution is 5.83. The first-order valence-corrected chi connectivity index (χ1v) is 9.14. The first kappa shape index (κ1) is 16.9. The maximum atomic E-state index is 12.7. The Kier molecular flexibility index (Phi) is 6.20. The van der Waals surface area contributed by atoms with Gasteiger partial charge < -0.3 is 0 Å². The second-order valence-electron chi connectivity index (χ2n) is 6.92. The molecule has 2 aromatic rings. The van der Waals surface area contributed by atoms with E-state index in [1.54, 1.807) is 0 Å². The molecule has 0 saturated heterocycles. The lowest BCUT2D eigenvalue weighted by Crippen LogP contribution is -2.33. The third kappa shape index (κ3) is 5.04. The highest BCUT2D eigenvalue weighted by Gasteiger charge is 2.23. The molecule has 1 aliphatic rings. The van der Waals surface area contributed by atoms with Gasteiger partial charge >= 0.3 is 0 Å². The molecule has 0 N–H and O–H groups in total. The third-order valence-electron chi connectivity index (χ3n) is 4.94. The summed E-state index contributed by atoms with van der Waals surface area (Å²) < 4.78 is 0. The van der Waals surface area contributed by atoms with Crippen LogP contribution in [0.2, 0.25) is 0 Å². The van der Waals surface area contributed by atoms with E-state index < -0.39 is 0 Å². The molecule has 0 aliphatic heterocycles. The van der Waals surface area contributed by atoms with Crippen molar-refractivity contribution in [3.05, 3.63) is 71.8 Å². The van der Waals surface area contributed by atoms with Crippen molar-refractivity contribution in [2.45, 2.75) is 45.2 Å². The van der Waals surface area contributed by atoms with Crippen LogP contribution in [0.5, 0.6) is 0 Å². The van der Waals surface area contributed by atoms with Gasteiger partial charge in [-0.1, -0.05) is 79.9 Å². The molecule has 0 radical (unpaired) electrons. The van der Waals surface area contributed by atoms with Crippen LogP contribution in [-0.2, 0) is 17.9 Å². The summed E-state index contributed by atoms with van der Waals surface area (Å²) in [7, 11) is 0. The van der Waals surface area contributed by atoms with E-state index in [1.165, 1.54) is 30.4 Å². The second-order valence-corrected chi connectivity index (χ2v) is 6.92. The smallest absolute Gasteiger partial charge is 0.149 e. The van der Waals surface area contributed by atoms with E-state index in [1.807, 2.05) is 12.1 Å². The minimum absolute atomic E-state index is 0.285. The zero-order valence-electron chi connectivity index (χ0n) is 14.4. The molecule has 24 heavy (non-hydrogen) atoms. The average Bonchev–Trinajstić information content (AvgIpc) is 2.64. The number of hydrogen-bond donors (Lipinski definition) is 0. The molecule has 1 fully saturated rings. The van der Waals surface area contributed by atoms with Gasteiger partial charge in [0.2, 0.25) is 0 Å². The van der Waals surface area contributed by atoms with Crippen molar-refractivity contribution in [2.75, 3.05) is 6.54 Å². The van der Waals surface area contributed by atoms with Gasteiger partial charge in [-0.2, -0.15) is 0 Å². The highest BCUT2D eigenvalue weighted by Crippen LogP contribution is 2.25. The Morgan fingerprint density at radius 3 is 1.79 bits per heavy atom. The summed E-state index contributed by atoms with van der Waals surface area (Å²) in [6.45, 7) is 2.22. The van der Waals surface area contributed by atoms with Crippen molar-refractivity contribution in [2.24, 2.45) is 5.92 Å². The lowest BCUT2D eigenvalue weighted by Gasteiger charge is -2.26. The van der Waals surface area contributed by atoms with Crippen LogP contribution in [0.1, 0.15) is 43.2 Å². The number of ketones is 1. The topological polar surface area (TPSA) is 20.3 Å². The molecule has 0 atom stereocenters. The van der Waals surface area contributed by atoms with Crippen LogP contribution in [-0.4, -0.2) is 17.2 Å². The van der Waals surface area contributed by atoms with Crippen LogP contribution in [0.3, 0.4) is 0 Å². The summed E-state index contributed by atoms with van der Waals surface area (Å²) in [5.74, 6) is 0.717. The number of nitrogens with zero attached hydrogens (tertiary/aromatic N) is 1. The van der Waals surface area contributed by atoms with Crippen LogP contribution in [0.15, 0.2) is 60.7 Å². The van der Waals surface area contributed by atoms with Gasteiger partial charge in [0.05, 0.1) is 6.54 Å². The van der Waals surface area contributed by atoms with E-state index >= 15 is 0 Å². The van der Waals surface area contributed by atoms with Gasteiger partial charge in [0.1, 0.15) is 5.78 Å². The highest BCUT2D eigenvalue weighted by atomic mass is 16.1. The van der Waals surface area contributed by atoms with Crippen molar-refractivity contribution in [3.63, 3.8) is 0 Å². The first-order valence-electron chi connectivity index (χ1n) is 9.14. The van der Waals surface area contributed by atoms with Gasteiger partial charge in [-0.15, -0.1) is 0 Å². The Morgan fingerprint density at radius 2 is 1.29 bits per heavy atom. The normalized spacial score (nSPS) is 15.5. The fourth-order valence-corrected chi connectivity index (χ4v) is 3.62. The quantitative estimate of drug-likeness (QED) is 0.727. The minimum atomic E-state index is 0.285. The van der Waals surface area contributed by atoms with Crippen molar-refractivity contribution in [1.29, 1.82) is 0 Å². The van der Waals surface area contributed by atoms with Gasteiger partial charge in [-0.25, -0.2) is 0 Å². The van der Waals surface area contributed by atoms with E-state index in [-0.39, 0.29) is 5.92 Å². The Hall–Kier alpha value is -1.93. The van der Waals surface area contributed by atoms with Crippen LogP contribution in [0.25, 0.3) is 0 Å². The van der Waals surface area contributed by atoms with E-state index in [4.69, 9.17) is 0 Å². The molecular formula is C22H27NO. The summed E-state index contributed by atoms with van der Waals surface area (Å²) in [6.07, 6.45) is 5.90. The largest absolute Gasteiger partial charge is 0.298 e. The number of rotatable bonds is 7. The lowest BCUT2D eigenvalue weighted by atomic mass is 9.86. The molecule has 126 valence electrons. The second kappa shape index (κ2) is 8.79. The van der Waals surface area contributed by atoms with E-state index in [2.05, 4.69) is 53.4 Å². The molecule has 2 nitrogen and oxygen atoms in total. The monoisotopic (exact) mass is 321 g/mol. The predicted molar refractivity (Wildman–Crippen MR) is 98.6 cm³/mol. The summed E-state index contributed by atoms with van der Waals surface area (Å²) >= 11 is 0. The molecule has 0 unspecified atom stereocenters. The summed E-state index contributed by atoms with van der Waals surface area (Å²) in [4.78, 5) is 15.0. The number of benzene rings is 2. The molecule has 0 heterocycles. The molecule has 0 bridgehead atoms. The maximum Gasteiger partial charge on any atom is 0.149 e. The standard InChI is InChI=1S/C22H27NO/c24-22(21-14-8-3-9-15-21)18-23(16-19-10-4-1-5-11-19)17-20-12-6-2-7-13-20/h1-2,4-7,10-13,21H,3,8-9,14-18H2. The lowest BCUT2D eigenvalue weighted by molar-refractivity contribution is -0.125. The van der Waals surface area contributed by atoms with Crippen molar-refractivity contribution >= 4 is 5.78 Å². The van der Waals surface area contributed by atoms with Crippen LogP contribution in [0, 0.1) is 5.92 Å². The number of carbonyl (C=O) groups is 1. The summed E-state index contributed by atoms with van der Waals surface area (Å²) in [6, 6.07) is 20.9. The fourth-order valence-electron chi connectivity index (χ4n) is 3.62. The van der Waals surface area contributed by atoms with Gasteiger partial charge in [-0.3, -0.25) is 9.69 Å². The predicted octanol–water partition coefficient (Wildman–Crippen LogP) is 4.84. The summed E-state index contributed by atoms with van der Waals surface area (Å²) in [5.41, 5.74) is 2.54. The fraction of sp³-hybridized carbons (Fsp3) is 0.409. The Balaban J connectivity index is 1.67. The van der Waals surface area contributed by atoms with E-state index in [0.717, 1.165) is 25.9 Å². The molecular weight excluding hydrogens is 294 g/mol. The van der Waals surface area contributed by atoms with Crippen molar-refractivity contribution in [3.8, 4) is 0 Å². The minimum Gasteiger partial charge on any atom is -0.298 e. The maximum absolute atomic E-state index is 12.7. The van der Waals surface area contributed by atoms with Crippen molar-refractivity contribution in [1.82, 2.24) is 4.90 Å². The molecule has 0 aromatic heterocycles. The zero-order valence-corrected chi connectivity index (χ0v) is 14.4. The Morgan fingerprint density at radius 1 is 0.792 bits per heavy atom. The zero-order chi connectivity index (χ0) is 16.6. The number of Topliss-reactive ketones (excluding diaryl/α,β-unsaturated/α-hetero) is 1. The molecule has 1 aliphatic carbocycles. The third-order valence-corrected chi connectivity index (χ3v) is 4.94. The Bertz CT molecular complexity index is 575. The number of hydrogen-bond acceptors (Lipinski definition) is 2. The van der Waals surface area contributed by atoms with Crippen LogP contribution < -0.4 is 0 Å². The molecule has 0 amide bonds.